The van der Waals surface area contributed by atoms with E-state index >= 15 is 0 Å². The highest BCUT2D eigenvalue weighted by Crippen LogP contribution is 2.36. The molecule has 4 rings (SSSR count). The van der Waals surface area contributed by atoms with Crippen LogP contribution >= 0.6 is 12.4 Å². The van der Waals surface area contributed by atoms with Crippen LogP contribution in [0, 0.1) is 5.92 Å². The Morgan fingerprint density at radius 2 is 1.96 bits per heavy atom. The molecule has 1 aromatic heterocycles. The summed E-state index contributed by atoms with van der Waals surface area (Å²) in [7, 11) is 1.93. The maximum atomic E-state index is 13.3. The predicted octanol–water partition coefficient (Wildman–Crippen LogP) is 2.55. The average Bonchev–Trinajstić information content (AvgIpc) is 3.34. The molecule has 6 heteroatoms. The molecule has 1 aromatic carbocycles. The molecule has 2 aliphatic rings. The van der Waals surface area contributed by atoms with E-state index in [1.165, 1.54) is 5.56 Å². The van der Waals surface area contributed by atoms with E-state index in [1.807, 2.05) is 30.2 Å². The molecule has 0 saturated carbocycles. The molecule has 0 bridgehead atoms. The maximum absolute atomic E-state index is 13.3. The van der Waals surface area contributed by atoms with E-state index < -0.39 is 0 Å². The third kappa shape index (κ3) is 3.51. The maximum Gasteiger partial charge on any atom is 0.227 e. The van der Waals surface area contributed by atoms with E-state index in [2.05, 4.69) is 46.5 Å². The van der Waals surface area contributed by atoms with Crippen molar-refractivity contribution in [3.8, 4) is 0 Å². The van der Waals surface area contributed by atoms with Crippen molar-refractivity contribution in [2.75, 3.05) is 19.6 Å². The van der Waals surface area contributed by atoms with E-state index in [1.54, 1.807) is 0 Å². The Morgan fingerprint density at radius 1 is 1.19 bits per heavy atom. The summed E-state index contributed by atoms with van der Waals surface area (Å²) >= 11 is 0. The second-order valence-corrected chi connectivity index (χ2v) is 7.50. The van der Waals surface area contributed by atoms with Crippen LogP contribution in [0.25, 0.3) is 0 Å². The van der Waals surface area contributed by atoms with Gasteiger partial charge in [0.15, 0.2) is 0 Å². The van der Waals surface area contributed by atoms with Gasteiger partial charge in [0.25, 0.3) is 0 Å². The van der Waals surface area contributed by atoms with Gasteiger partial charge in [-0.2, -0.15) is 5.10 Å². The Kier molecular flexibility index (Phi) is 5.68. The number of amides is 1. The number of aryl methyl sites for hydroxylation is 1. The SMILES string of the molecule is CC1CC(c2ccccc2)CN1C(=O)[C@H]1CNC[C@@H]1c1cnn(C)c1.Cl. The van der Waals surface area contributed by atoms with Crippen molar-refractivity contribution in [1.29, 1.82) is 0 Å². The zero-order valence-corrected chi connectivity index (χ0v) is 16.2. The molecular formula is C20H27ClN4O. The first-order valence-electron chi connectivity index (χ1n) is 9.18. The summed E-state index contributed by atoms with van der Waals surface area (Å²) in [5, 5.41) is 7.69. The van der Waals surface area contributed by atoms with Crippen LogP contribution in [0.4, 0.5) is 0 Å². The largest absolute Gasteiger partial charge is 0.339 e. The second kappa shape index (κ2) is 7.80. The molecule has 140 valence electrons. The molecule has 3 heterocycles. The molecule has 2 saturated heterocycles. The number of halogens is 1. The predicted molar refractivity (Wildman–Crippen MR) is 105 cm³/mol. The van der Waals surface area contributed by atoms with Crippen LogP contribution in [-0.4, -0.2) is 46.3 Å². The molecular weight excluding hydrogens is 348 g/mol. The number of likely N-dealkylation sites (tertiary alicyclic amines) is 1. The van der Waals surface area contributed by atoms with E-state index in [0.717, 1.165) is 31.6 Å². The Balaban J connectivity index is 0.00000196. The molecule has 26 heavy (non-hydrogen) atoms. The summed E-state index contributed by atoms with van der Waals surface area (Å²) in [5.74, 6) is 0.987. The average molecular weight is 375 g/mol. The van der Waals surface area contributed by atoms with Crippen molar-refractivity contribution in [3.05, 3.63) is 53.9 Å². The molecule has 4 atom stereocenters. The van der Waals surface area contributed by atoms with Crippen molar-refractivity contribution in [3.63, 3.8) is 0 Å². The molecule has 0 aliphatic carbocycles. The molecule has 2 unspecified atom stereocenters. The molecule has 5 nitrogen and oxygen atoms in total. The van der Waals surface area contributed by atoms with Crippen LogP contribution in [0.15, 0.2) is 42.7 Å². The van der Waals surface area contributed by atoms with Crippen LogP contribution in [0.1, 0.15) is 36.3 Å². The van der Waals surface area contributed by atoms with Gasteiger partial charge in [0.1, 0.15) is 0 Å². The van der Waals surface area contributed by atoms with Gasteiger partial charge in [-0.25, -0.2) is 0 Å². The smallest absolute Gasteiger partial charge is 0.227 e. The molecule has 1 N–H and O–H groups in total. The topological polar surface area (TPSA) is 50.2 Å². The first-order valence-corrected chi connectivity index (χ1v) is 9.18. The van der Waals surface area contributed by atoms with Crippen LogP contribution < -0.4 is 5.32 Å². The van der Waals surface area contributed by atoms with E-state index in [0.29, 0.717) is 17.9 Å². The van der Waals surface area contributed by atoms with Crippen molar-refractivity contribution in [1.82, 2.24) is 20.0 Å². The van der Waals surface area contributed by atoms with Gasteiger partial charge in [-0.1, -0.05) is 30.3 Å². The minimum absolute atomic E-state index is 0. The molecule has 2 aromatic rings. The minimum Gasteiger partial charge on any atom is -0.339 e. The Labute approximate surface area is 161 Å². The Bertz CT molecular complexity index is 747. The zero-order valence-electron chi connectivity index (χ0n) is 15.3. The molecule has 2 aliphatic heterocycles. The van der Waals surface area contributed by atoms with E-state index in [4.69, 9.17) is 0 Å². The standard InChI is InChI=1S/C20H26N4O.ClH/c1-14-8-16(15-6-4-3-5-7-15)13-24(14)20(25)19-11-21-10-18(19)17-9-22-23(2)12-17;/h3-7,9,12,14,16,18-19,21H,8,10-11,13H2,1-2H3;1H/t14?,16?,18-,19+;/m1./s1. The number of carbonyl (C=O) groups is 1. The number of aromatic nitrogens is 2. The molecule has 2 fully saturated rings. The Morgan fingerprint density at radius 3 is 2.65 bits per heavy atom. The van der Waals surface area contributed by atoms with Gasteiger partial charge in [0, 0.05) is 50.8 Å². The number of hydrogen-bond acceptors (Lipinski definition) is 3. The third-order valence-corrected chi connectivity index (χ3v) is 5.81. The fraction of sp³-hybridized carbons (Fsp3) is 0.500. The number of benzene rings is 1. The van der Waals surface area contributed by atoms with Crippen LogP contribution in [0.2, 0.25) is 0 Å². The monoisotopic (exact) mass is 374 g/mol. The summed E-state index contributed by atoms with van der Waals surface area (Å²) in [6.07, 6.45) is 4.99. The number of hydrogen-bond donors (Lipinski definition) is 1. The van der Waals surface area contributed by atoms with Crippen LogP contribution in [0.5, 0.6) is 0 Å². The van der Waals surface area contributed by atoms with Crippen molar-refractivity contribution < 1.29 is 4.79 Å². The molecule has 0 spiro atoms. The lowest BCUT2D eigenvalue weighted by atomic mass is 9.89. The number of nitrogens with one attached hydrogen (secondary N) is 1. The van der Waals surface area contributed by atoms with Crippen LogP contribution in [-0.2, 0) is 11.8 Å². The normalized spacial score (nSPS) is 28.2. The van der Waals surface area contributed by atoms with Gasteiger partial charge in [-0.15, -0.1) is 12.4 Å². The lowest BCUT2D eigenvalue weighted by Crippen LogP contribution is -2.40. The zero-order chi connectivity index (χ0) is 17.4. The van der Waals surface area contributed by atoms with Gasteiger partial charge < -0.3 is 10.2 Å². The summed E-state index contributed by atoms with van der Waals surface area (Å²) in [6, 6.07) is 10.9. The number of rotatable bonds is 3. The Hall–Kier alpha value is -1.85. The van der Waals surface area contributed by atoms with Crippen molar-refractivity contribution in [2.45, 2.75) is 31.2 Å². The van der Waals surface area contributed by atoms with E-state index in [-0.39, 0.29) is 24.2 Å². The highest BCUT2D eigenvalue weighted by molar-refractivity contribution is 5.85. The summed E-state index contributed by atoms with van der Waals surface area (Å²) < 4.78 is 1.82. The van der Waals surface area contributed by atoms with Crippen LogP contribution in [0.3, 0.4) is 0 Å². The van der Waals surface area contributed by atoms with Gasteiger partial charge in [-0.05, 0) is 24.5 Å². The lowest BCUT2D eigenvalue weighted by molar-refractivity contribution is -0.135. The first-order chi connectivity index (χ1) is 12.1. The summed E-state index contributed by atoms with van der Waals surface area (Å²) in [6.45, 7) is 4.63. The summed E-state index contributed by atoms with van der Waals surface area (Å²) in [5.41, 5.74) is 2.51. The highest BCUT2D eigenvalue weighted by Gasteiger charge is 2.41. The lowest BCUT2D eigenvalue weighted by Gasteiger charge is -2.27. The number of nitrogens with zero attached hydrogens (tertiary/aromatic N) is 3. The third-order valence-electron chi connectivity index (χ3n) is 5.81. The fourth-order valence-electron chi connectivity index (χ4n) is 4.44. The second-order valence-electron chi connectivity index (χ2n) is 7.50. The van der Waals surface area contributed by atoms with Gasteiger partial charge >= 0.3 is 0 Å². The van der Waals surface area contributed by atoms with Gasteiger partial charge in [0.05, 0.1) is 12.1 Å². The quantitative estimate of drug-likeness (QED) is 0.898. The van der Waals surface area contributed by atoms with Gasteiger partial charge in [-0.3, -0.25) is 9.48 Å². The summed E-state index contributed by atoms with van der Waals surface area (Å²) in [4.78, 5) is 15.4. The molecule has 1 amide bonds. The van der Waals surface area contributed by atoms with Crippen molar-refractivity contribution >= 4 is 18.3 Å². The number of carbonyl (C=O) groups excluding carboxylic acids is 1. The van der Waals surface area contributed by atoms with Crippen molar-refractivity contribution in [2.24, 2.45) is 13.0 Å². The fourth-order valence-corrected chi connectivity index (χ4v) is 4.44. The first kappa shape index (κ1) is 18.9. The minimum atomic E-state index is 0. The van der Waals surface area contributed by atoms with Gasteiger partial charge in [0.2, 0.25) is 5.91 Å². The van der Waals surface area contributed by atoms with E-state index in [9.17, 15) is 4.79 Å². The highest BCUT2D eigenvalue weighted by atomic mass is 35.5. The molecule has 0 radical (unpaired) electrons.